The Hall–Kier alpha value is -0.740. The molecule has 12 heavy (non-hydrogen) atoms. The summed E-state index contributed by atoms with van der Waals surface area (Å²) in [6.45, 7) is 0. The van der Waals surface area contributed by atoms with Gasteiger partial charge >= 0.3 is 5.97 Å². The van der Waals surface area contributed by atoms with E-state index in [9.17, 15) is 9.59 Å². The summed E-state index contributed by atoms with van der Waals surface area (Å²) in [5.74, 6) is -0.708. The van der Waals surface area contributed by atoms with Gasteiger partial charge in [0.25, 0.3) is 0 Å². The number of likely N-dealkylation sites (N-methyl/N-ethyl adjacent to an activating group) is 1. The van der Waals surface area contributed by atoms with Crippen molar-refractivity contribution in [1.29, 1.82) is 0 Å². The second-order valence-electron chi connectivity index (χ2n) is 2.19. The number of hydrogen-bond acceptors (Lipinski definition) is 3. The molecule has 0 N–H and O–H groups in total. The van der Waals surface area contributed by atoms with E-state index in [2.05, 4.69) is 4.74 Å². The molecule has 0 aromatic rings. The van der Waals surface area contributed by atoms with Gasteiger partial charge in [-0.1, -0.05) is 23.2 Å². The maximum Gasteiger partial charge on any atom is 0.353 e. The van der Waals surface area contributed by atoms with Gasteiger partial charge in [0, 0.05) is 7.05 Å². The molecule has 6 heteroatoms. The number of esters is 1. The third-order valence-electron chi connectivity index (χ3n) is 1.36. The number of cyclic esters (lactones) is 1. The first-order valence-corrected chi connectivity index (χ1v) is 3.77. The summed E-state index contributed by atoms with van der Waals surface area (Å²) >= 11 is 11.0. The van der Waals surface area contributed by atoms with Gasteiger partial charge in [-0.25, -0.2) is 4.79 Å². The van der Waals surface area contributed by atoms with Crippen molar-refractivity contribution in [3.8, 4) is 0 Å². The van der Waals surface area contributed by atoms with Gasteiger partial charge in [0.15, 0.2) is 0 Å². The molecule has 1 atom stereocenters. The Labute approximate surface area is 78.7 Å². The molecule has 1 heterocycles. The molecule has 0 saturated carbocycles. The van der Waals surface area contributed by atoms with Crippen LogP contribution in [0.5, 0.6) is 0 Å². The van der Waals surface area contributed by atoms with E-state index >= 15 is 0 Å². The highest BCUT2D eigenvalue weighted by Crippen LogP contribution is 2.29. The summed E-state index contributed by atoms with van der Waals surface area (Å²) in [5.41, 5.74) is 0. The number of ether oxygens (including phenoxy) is 1. The normalized spacial score (nSPS) is 22.6. The van der Waals surface area contributed by atoms with Crippen LogP contribution in [0.2, 0.25) is 0 Å². The molecule has 1 aliphatic heterocycles. The van der Waals surface area contributed by atoms with Crippen LogP contribution in [0.15, 0.2) is 10.1 Å². The van der Waals surface area contributed by atoms with Crippen LogP contribution >= 0.6 is 23.2 Å². The number of hydrogen-bond donors (Lipinski definition) is 0. The molecule has 0 fully saturated rings. The molecule has 1 aliphatic rings. The lowest BCUT2D eigenvalue weighted by Crippen LogP contribution is -2.31. The lowest BCUT2D eigenvalue weighted by atomic mass is 10.5. The number of carbonyl (C=O) groups excluding carboxylic acids is 2. The third-order valence-corrected chi connectivity index (χ3v) is 2.19. The Bertz CT molecular complexity index is 264. The molecule has 66 valence electrons. The van der Waals surface area contributed by atoms with Gasteiger partial charge in [-0.2, -0.15) is 0 Å². The van der Waals surface area contributed by atoms with Crippen molar-refractivity contribution in [3.63, 3.8) is 0 Å². The van der Waals surface area contributed by atoms with Crippen molar-refractivity contribution < 1.29 is 14.3 Å². The SMILES string of the molecule is CN(C=O)[C@@H]1OC(=O)C(Cl)=C1Cl. The van der Waals surface area contributed by atoms with Crippen molar-refractivity contribution in [3.05, 3.63) is 10.1 Å². The fraction of sp³-hybridized carbons (Fsp3) is 0.333. The first kappa shape index (κ1) is 9.35. The Morgan fingerprint density at radius 3 is 2.50 bits per heavy atom. The van der Waals surface area contributed by atoms with Crippen molar-refractivity contribution in [2.75, 3.05) is 7.05 Å². The van der Waals surface area contributed by atoms with E-state index in [0.29, 0.717) is 6.41 Å². The van der Waals surface area contributed by atoms with Crippen molar-refractivity contribution in [1.82, 2.24) is 4.90 Å². The molecule has 0 aromatic heterocycles. The van der Waals surface area contributed by atoms with Gasteiger partial charge < -0.3 is 9.64 Å². The number of rotatable bonds is 2. The average molecular weight is 210 g/mol. The Morgan fingerprint density at radius 1 is 1.58 bits per heavy atom. The molecule has 0 radical (unpaired) electrons. The fourth-order valence-corrected chi connectivity index (χ4v) is 1.14. The maximum atomic E-state index is 10.8. The van der Waals surface area contributed by atoms with Crippen LogP contribution in [0.25, 0.3) is 0 Å². The molecular formula is C6H5Cl2NO3. The smallest absolute Gasteiger partial charge is 0.353 e. The van der Waals surface area contributed by atoms with Crippen molar-refractivity contribution in [2.45, 2.75) is 6.23 Å². The molecule has 0 unspecified atom stereocenters. The third kappa shape index (κ3) is 1.40. The highest BCUT2D eigenvalue weighted by molar-refractivity contribution is 6.48. The van der Waals surface area contributed by atoms with Crippen LogP contribution < -0.4 is 0 Å². The number of amides is 1. The van der Waals surface area contributed by atoms with Crippen LogP contribution in [-0.4, -0.2) is 30.6 Å². The standard InChI is InChI=1S/C6H5Cl2NO3/c1-9(2-10)5-3(7)4(8)6(11)12-5/h2,5H,1H3/t5-/m1/s1. The van der Waals surface area contributed by atoms with Crippen molar-refractivity contribution in [2.24, 2.45) is 0 Å². The molecule has 1 amide bonds. The predicted molar refractivity (Wildman–Crippen MR) is 42.4 cm³/mol. The first-order valence-electron chi connectivity index (χ1n) is 3.01. The summed E-state index contributed by atoms with van der Waals surface area (Å²) < 4.78 is 4.66. The molecule has 0 aliphatic carbocycles. The number of carbonyl (C=O) groups is 2. The second kappa shape index (κ2) is 3.33. The number of nitrogens with zero attached hydrogens (tertiary/aromatic N) is 1. The highest BCUT2D eigenvalue weighted by Gasteiger charge is 2.34. The fourth-order valence-electron chi connectivity index (χ4n) is 0.728. The largest absolute Gasteiger partial charge is 0.432 e. The van der Waals surface area contributed by atoms with E-state index in [1.807, 2.05) is 0 Å². The zero-order valence-corrected chi connectivity index (χ0v) is 7.59. The van der Waals surface area contributed by atoms with Crippen LogP contribution in [0.4, 0.5) is 0 Å². The van der Waals surface area contributed by atoms with Gasteiger partial charge in [-0.3, -0.25) is 4.79 Å². The minimum Gasteiger partial charge on any atom is -0.432 e. The maximum absolute atomic E-state index is 10.8. The van der Waals surface area contributed by atoms with Crippen LogP contribution in [0.1, 0.15) is 0 Å². The minimum absolute atomic E-state index is 0.0382. The average Bonchev–Trinajstić information content (AvgIpc) is 2.32. The van der Waals surface area contributed by atoms with Crippen molar-refractivity contribution >= 4 is 35.6 Å². The zero-order valence-electron chi connectivity index (χ0n) is 6.08. The predicted octanol–water partition coefficient (Wildman–Crippen LogP) is 0.647. The molecule has 0 saturated heterocycles. The van der Waals surface area contributed by atoms with Crippen LogP contribution in [0, 0.1) is 0 Å². The lowest BCUT2D eigenvalue weighted by molar-refractivity contribution is -0.147. The molecule has 4 nitrogen and oxygen atoms in total. The van der Waals surface area contributed by atoms with Gasteiger partial charge in [0.1, 0.15) is 10.1 Å². The van der Waals surface area contributed by atoms with E-state index in [-0.39, 0.29) is 10.1 Å². The molecule has 0 bridgehead atoms. The summed E-state index contributed by atoms with van der Waals surface area (Å²) in [7, 11) is 1.43. The Balaban J connectivity index is 2.86. The van der Waals surface area contributed by atoms with E-state index in [4.69, 9.17) is 23.2 Å². The van der Waals surface area contributed by atoms with E-state index < -0.39 is 12.2 Å². The molecular weight excluding hydrogens is 205 g/mol. The van der Waals surface area contributed by atoms with E-state index in [0.717, 1.165) is 4.90 Å². The Kier molecular flexibility index (Phi) is 2.59. The highest BCUT2D eigenvalue weighted by atomic mass is 35.5. The van der Waals surface area contributed by atoms with Crippen LogP contribution in [0.3, 0.4) is 0 Å². The topological polar surface area (TPSA) is 46.6 Å². The van der Waals surface area contributed by atoms with E-state index in [1.54, 1.807) is 0 Å². The molecule has 0 aromatic carbocycles. The molecule has 0 spiro atoms. The Morgan fingerprint density at radius 2 is 2.17 bits per heavy atom. The van der Waals surface area contributed by atoms with E-state index in [1.165, 1.54) is 7.05 Å². The summed E-state index contributed by atoms with van der Waals surface area (Å²) in [6.07, 6.45) is -0.375. The molecule has 1 rings (SSSR count). The second-order valence-corrected chi connectivity index (χ2v) is 2.98. The van der Waals surface area contributed by atoms with Gasteiger partial charge in [0.05, 0.1) is 0 Å². The lowest BCUT2D eigenvalue weighted by Gasteiger charge is -2.17. The number of halogens is 2. The zero-order chi connectivity index (χ0) is 9.30. The minimum atomic E-state index is -0.871. The summed E-state index contributed by atoms with van der Waals surface area (Å²) in [4.78, 5) is 22.1. The van der Waals surface area contributed by atoms with Gasteiger partial charge in [-0.05, 0) is 0 Å². The summed E-state index contributed by atoms with van der Waals surface area (Å²) in [5, 5.41) is -0.133. The quantitative estimate of drug-likeness (QED) is 0.496. The van der Waals surface area contributed by atoms with Gasteiger partial charge in [0.2, 0.25) is 12.6 Å². The summed E-state index contributed by atoms with van der Waals surface area (Å²) in [6, 6.07) is 0. The van der Waals surface area contributed by atoms with Gasteiger partial charge in [-0.15, -0.1) is 0 Å². The van der Waals surface area contributed by atoms with Crippen LogP contribution in [-0.2, 0) is 14.3 Å². The first-order chi connectivity index (χ1) is 5.57. The monoisotopic (exact) mass is 209 g/mol.